The Morgan fingerprint density at radius 3 is 2.26 bits per heavy atom. The maximum absolute atomic E-state index is 14.1. The fourth-order valence-electron chi connectivity index (χ4n) is 4.14. The summed E-state index contributed by atoms with van der Waals surface area (Å²) in [6, 6.07) is 9.50. The van der Waals surface area contributed by atoms with E-state index in [9.17, 15) is 4.39 Å². The molecular formula is C21H30Cl2FNSiTi-2. The molecule has 27 heavy (non-hydrogen) atoms. The van der Waals surface area contributed by atoms with Gasteiger partial charge < -0.3 is 12.4 Å². The van der Waals surface area contributed by atoms with Crippen LogP contribution in [0.3, 0.4) is 0 Å². The van der Waals surface area contributed by atoms with Crippen molar-refractivity contribution < 1.29 is 21.4 Å². The normalized spacial score (nSPS) is 23.7. The molecule has 0 saturated heterocycles. The van der Waals surface area contributed by atoms with Crippen LogP contribution in [0.5, 0.6) is 0 Å². The first kappa shape index (κ1) is 25.0. The fourth-order valence-corrected chi connectivity index (χ4v) is 6.44. The van der Waals surface area contributed by atoms with Gasteiger partial charge in [0, 0.05) is 5.92 Å². The van der Waals surface area contributed by atoms with Gasteiger partial charge in [-0.25, -0.2) is 4.39 Å². The zero-order valence-corrected chi connectivity index (χ0v) is 21.0. The molecular weight excluding hydrogens is 432 g/mol. The number of halogens is 3. The van der Waals surface area contributed by atoms with Crippen LogP contribution in [0.1, 0.15) is 25.3 Å². The van der Waals surface area contributed by atoms with Crippen LogP contribution in [-0.2, 0) is 17.0 Å². The summed E-state index contributed by atoms with van der Waals surface area (Å²) in [6.07, 6.45) is 5.90. The third kappa shape index (κ3) is 7.36. The van der Waals surface area contributed by atoms with Crippen LogP contribution in [0.15, 0.2) is 47.8 Å². The van der Waals surface area contributed by atoms with Gasteiger partial charge in [-0.1, -0.05) is 67.5 Å². The van der Waals surface area contributed by atoms with E-state index in [0.29, 0.717) is 11.8 Å². The van der Waals surface area contributed by atoms with Crippen LogP contribution < -0.4 is 0 Å². The van der Waals surface area contributed by atoms with Crippen LogP contribution in [0.25, 0.3) is 4.98 Å². The summed E-state index contributed by atoms with van der Waals surface area (Å²) in [5.41, 5.74) is 3.79. The number of fused-ring (bicyclic) bond motifs is 1. The van der Waals surface area contributed by atoms with E-state index in [2.05, 4.69) is 51.2 Å². The van der Waals surface area contributed by atoms with Crippen molar-refractivity contribution in [1.29, 1.82) is 0 Å². The van der Waals surface area contributed by atoms with Crippen LogP contribution in [0, 0.1) is 32.1 Å². The quantitative estimate of drug-likeness (QED) is 0.315. The van der Waals surface area contributed by atoms with Crippen molar-refractivity contribution in [2.75, 3.05) is 0 Å². The van der Waals surface area contributed by atoms with E-state index in [-0.39, 0.29) is 19.2 Å². The molecule has 6 heteroatoms. The Labute approximate surface area is 182 Å². The monoisotopic (exact) mass is 461 g/mol. The van der Waals surface area contributed by atoms with Gasteiger partial charge in [-0.2, -0.15) is 0 Å². The van der Waals surface area contributed by atoms with E-state index < -0.39 is 25.3 Å². The average molecular weight is 462 g/mol. The van der Waals surface area contributed by atoms with E-state index >= 15 is 0 Å². The van der Waals surface area contributed by atoms with Gasteiger partial charge in [0.15, 0.2) is 0 Å². The number of hydrogen-bond donors (Lipinski definition) is 0. The summed E-state index contributed by atoms with van der Waals surface area (Å²) in [6.45, 7) is 8.98. The van der Waals surface area contributed by atoms with E-state index in [0.717, 1.165) is 24.6 Å². The van der Waals surface area contributed by atoms with Crippen molar-refractivity contribution in [2.24, 2.45) is 17.8 Å². The van der Waals surface area contributed by atoms with Crippen molar-refractivity contribution >= 4 is 32.5 Å². The molecule has 1 nitrogen and oxygen atoms in total. The van der Waals surface area contributed by atoms with Crippen LogP contribution in [-0.4, -0.2) is 8.24 Å². The Hall–Kier alpha value is -0.0588. The number of rotatable bonds is 4. The molecule has 0 bridgehead atoms. The zero-order valence-electron chi connectivity index (χ0n) is 16.9. The SMILES string of the molecule is Cc1ccc([N-][Si](C)(C)CC2=CC=C(F)C3CC(C)CC23)cc1.[CH3-].[Cl][Ti][Cl]. The molecule has 3 atom stereocenters. The Morgan fingerprint density at radius 2 is 1.67 bits per heavy atom. The van der Waals surface area contributed by atoms with Gasteiger partial charge in [0.25, 0.3) is 0 Å². The second-order valence-corrected chi connectivity index (χ2v) is 14.9. The van der Waals surface area contributed by atoms with Gasteiger partial charge in [0.1, 0.15) is 5.83 Å². The number of hydrogen-bond acceptors (Lipinski definition) is 0. The Balaban J connectivity index is 0.000000855. The first-order valence-electron chi connectivity index (χ1n) is 9.07. The third-order valence-corrected chi connectivity index (χ3v) is 7.32. The van der Waals surface area contributed by atoms with Gasteiger partial charge >= 0.3 is 35.6 Å². The summed E-state index contributed by atoms with van der Waals surface area (Å²) in [7, 11) is 8.03. The van der Waals surface area contributed by atoms with Crippen molar-refractivity contribution in [3.8, 4) is 0 Å². The van der Waals surface area contributed by atoms with E-state index in [4.69, 9.17) is 23.6 Å². The summed E-state index contributed by atoms with van der Waals surface area (Å²) in [4.78, 5) is 5.06. The van der Waals surface area contributed by atoms with Gasteiger partial charge in [-0.15, -0.1) is 5.69 Å². The van der Waals surface area contributed by atoms with E-state index in [1.807, 2.05) is 6.08 Å². The molecule has 0 spiro atoms. The summed E-state index contributed by atoms with van der Waals surface area (Å²) in [5, 5.41) is 0. The molecule has 1 aromatic rings. The maximum atomic E-state index is 14.1. The van der Waals surface area contributed by atoms with Gasteiger partial charge in [-0.3, -0.25) is 0 Å². The fraction of sp³-hybridized carbons (Fsp3) is 0.476. The molecule has 0 amide bonds. The third-order valence-electron chi connectivity index (χ3n) is 5.19. The molecule has 3 unspecified atom stereocenters. The van der Waals surface area contributed by atoms with E-state index in [1.54, 1.807) is 6.08 Å². The molecule has 0 heterocycles. The second-order valence-electron chi connectivity index (χ2n) is 8.09. The van der Waals surface area contributed by atoms with E-state index in [1.165, 1.54) is 11.1 Å². The Kier molecular flexibility index (Phi) is 10.4. The molecule has 1 saturated carbocycles. The molecule has 0 N–H and O–H groups in total. The molecule has 0 aliphatic heterocycles. The predicted molar refractivity (Wildman–Crippen MR) is 117 cm³/mol. The summed E-state index contributed by atoms with van der Waals surface area (Å²) in [5.74, 6) is 1.27. The summed E-state index contributed by atoms with van der Waals surface area (Å²) < 4.78 is 14.1. The summed E-state index contributed by atoms with van der Waals surface area (Å²) >= 11 is -0.556. The minimum atomic E-state index is -1.75. The molecule has 150 valence electrons. The van der Waals surface area contributed by atoms with Gasteiger partial charge in [0.2, 0.25) is 0 Å². The second kappa shape index (κ2) is 11.2. The molecule has 0 aromatic heterocycles. The molecule has 3 rings (SSSR count). The standard InChI is InChI=1S/C20H27FNSi.CH3.2ClH.Ti/c1-14-5-8-17(9-6-14)22-23(3,4)13-16-7-10-20(21)19-12-15(2)11-18(16)19;;;;/h5-10,15,18-19H,11-13H2,1-4H3;1H3;2*1H;/q2*-1;;;+2/p-2. The number of benzene rings is 1. The Bertz CT molecular complexity index is 661. The average Bonchev–Trinajstić information content (AvgIpc) is 2.96. The Morgan fingerprint density at radius 1 is 1.11 bits per heavy atom. The zero-order chi connectivity index (χ0) is 19.3. The molecule has 2 aliphatic rings. The molecule has 1 aromatic carbocycles. The topological polar surface area (TPSA) is 14.1 Å². The van der Waals surface area contributed by atoms with Crippen molar-refractivity contribution in [2.45, 2.75) is 45.8 Å². The van der Waals surface area contributed by atoms with Crippen LogP contribution >= 0.6 is 18.6 Å². The van der Waals surface area contributed by atoms with Crippen molar-refractivity contribution in [3.05, 3.63) is 65.8 Å². The molecule has 1 fully saturated rings. The number of nitrogens with zero attached hydrogens (tertiary/aromatic N) is 1. The number of allylic oxidation sites excluding steroid dienone is 4. The number of aryl methyl sites for hydroxylation is 1. The van der Waals surface area contributed by atoms with Gasteiger partial charge in [0.05, 0.1) is 0 Å². The predicted octanol–water partition coefficient (Wildman–Crippen LogP) is 8.49. The van der Waals surface area contributed by atoms with Crippen LogP contribution in [0.4, 0.5) is 10.1 Å². The van der Waals surface area contributed by atoms with Gasteiger partial charge in [-0.05, 0) is 45.9 Å². The first-order chi connectivity index (χ1) is 12.3. The molecule has 0 radical (unpaired) electrons. The minimum absolute atomic E-state index is 0. The first-order valence-corrected chi connectivity index (χ1v) is 16.5. The molecule has 2 aliphatic carbocycles. The van der Waals surface area contributed by atoms with Crippen LogP contribution in [0.2, 0.25) is 19.1 Å². The van der Waals surface area contributed by atoms with Crippen molar-refractivity contribution in [3.63, 3.8) is 0 Å². The van der Waals surface area contributed by atoms with Crippen molar-refractivity contribution in [1.82, 2.24) is 0 Å².